The van der Waals surface area contributed by atoms with Crippen molar-refractivity contribution in [1.29, 1.82) is 0 Å². The third-order valence-corrected chi connectivity index (χ3v) is 6.76. The van der Waals surface area contributed by atoms with Gasteiger partial charge in [0.15, 0.2) is 11.5 Å². The second-order valence-electron chi connectivity index (χ2n) is 8.76. The normalized spacial score (nSPS) is 26.0. The fourth-order valence-corrected chi connectivity index (χ4v) is 4.92. The molecule has 1 saturated carbocycles. The predicted octanol–water partition coefficient (Wildman–Crippen LogP) is 2.09. The van der Waals surface area contributed by atoms with E-state index in [-0.39, 0.29) is 24.0 Å². The Labute approximate surface area is 164 Å². The zero-order valence-electron chi connectivity index (χ0n) is 15.9. The third kappa shape index (κ3) is 3.21. The minimum Gasteiger partial charge on any atom is -0.480 e. The summed E-state index contributed by atoms with van der Waals surface area (Å²) in [5.41, 5.74) is 1.15. The average Bonchev–Trinajstić information content (AvgIpc) is 3.32. The Morgan fingerprint density at radius 1 is 1.14 bits per heavy atom. The lowest BCUT2D eigenvalue weighted by Crippen LogP contribution is -2.43. The van der Waals surface area contributed by atoms with E-state index in [0.29, 0.717) is 13.0 Å². The molecule has 0 aromatic heterocycles. The summed E-state index contributed by atoms with van der Waals surface area (Å²) in [7, 11) is 0. The van der Waals surface area contributed by atoms with Gasteiger partial charge in [0.25, 0.3) is 0 Å². The van der Waals surface area contributed by atoms with E-state index in [1.54, 1.807) is 4.90 Å². The average molecular weight is 386 g/mol. The molecule has 3 fully saturated rings. The van der Waals surface area contributed by atoms with Gasteiger partial charge in [0.2, 0.25) is 12.7 Å². The van der Waals surface area contributed by atoms with Gasteiger partial charge in [-0.15, -0.1) is 0 Å². The van der Waals surface area contributed by atoms with Crippen LogP contribution in [0.15, 0.2) is 18.2 Å². The predicted molar refractivity (Wildman–Crippen MR) is 100.0 cm³/mol. The zero-order valence-corrected chi connectivity index (χ0v) is 15.9. The molecule has 3 aliphatic heterocycles. The second kappa shape index (κ2) is 6.65. The van der Waals surface area contributed by atoms with Gasteiger partial charge in [0, 0.05) is 19.0 Å². The van der Waals surface area contributed by atoms with Crippen LogP contribution in [0.3, 0.4) is 0 Å². The van der Waals surface area contributed by atoms with E-state index in [1.165, 1.54) is 5.56 Å². The van der Waals surface area contributed by atoms with E-state index in [4.69, 9.17) is 9.47 Å². The van der Waals surface area contributed by atoms with Crippen molar-refractivity contribution in [2.45, 2.75) is 44.7 Å². The van der Waals surface area contributed by atoms with Crippen LogP contribution in [-0.2, 0) is 16.1 Å². The number of carbonyl (C=O) groups excluding carboxylic acids is 1. The van der Waals surface area contributed by atoms with Crippen LogP contribution in [0.4, 0.5) is 0 Å². The number of carbonyl (C=O) groups is 2. The van der Waals surface area contributed by atoms with Gasteiger partial charge in [-0.3, -0.25) is 9.69 Å². The molecule has 7 nitrogen and oxygen atoms in total. The van der Waals surface area contributed by atoms with Crippen LogP contribution in [-0.4, -0.2) is 59.3 Å². The topological polar surface area (TPSA) is 79.3 Å². The largest absolute Gasteiger partial charge is 0.480 e. The lowest BCUT2D eigenvalue weighted by molar-refractivity contribution is -0.148. The van der Waals surface area contributed by atoms with Crippen molar-refractivity contribution in [3.8, 4) is 11.5 Å². The van der Waals surface area contributed by atoms with Crippen molar-refractivity contribution < 1.29 is 24.2 Å². The molecule has 28 heavy (non-hydrogen) atoms. The number of hydrogen-bond acceptors (Lipinski definition) is 5. The number of likely N-dealkylation sites (tertiary alicyclic amines) is 2. The van der Waals surface area contributed by atoms with Gasteiger partial charge in [0.05, 0.1) is 0 Å². The fraction of sp³-hybridized carbons (Fsp3) is 0.619. The molecule has 1 aromatic carbocycles. The summed E-state index contributed by atoms with van der Waals surface area (Å²) < 4.78 is 10.8. The third-order valence-electron chi connectivity index (χ3n) is 6.76. The molecule has 1 aromatic rings. The molecule has 0 radical (unpaired) electrons. The summed E-state index contributed by atoms with van der Waals surface area (Å²) in [4.78, 5) is 28.4. The number of aliphatic carboxylic acids is 1. The summed E-state index contributed by atoms with van der Waals surface area (Å²) >= 11 is 0. The summed E-state index contributed by atoms with van der Waals surface area (Å²) in [5, 5.41) is 9.65. The monoisotopic (exact) mass is 386 g/mol. The highest BCUT2D eigenvalue weighted by molar-refractivity contribution is 5.87. The van der Waals surface area contributed by atoms with Crippen molar-refractivity contribution in [3.63, 3.8) is 0 Å². The molecular weight excluding hydrogens is 360 g/mol. The van der Waals surface area contributed by atoms with E-state index >= 15 is 0 Å². The van der Waals surface area contributed by atoms with Crippen LogP contribution in [0.25, 0.3) is 0 Å². The van der Waals surface area contributed by atoms with Gasteiger partial charge >= 0.3 is 5.97 Å². The van der Waals surface area contributed by atoms with Gasteiger partial charge in [-0.1, -0.05) is 6.07 Å². The second-order valence-corrected chi connectivity index (χ2v) is 8.76. The molecule has 2 saturated heterocycles. The lowest BCUT2D eigenvalue weighted by atomic mass is 9.76. The highest BCUT2D eigenvalue weighted by Gasteiger charge is 2.51. The van der Waals surface area contributed by atoms with Crippen LogP contribution in [0.1, 0.15) is 37.7 Å². The van der Waals surface area contributed by atoms with Gasteiger partial charge in [-0.05, 0) is 68.3 Å². The van der Waals surface area contributed by atoms with E-state index in [9.17, 15) is 14.7 Å². The number of amides is 1. The molecule has 1 spiro atoms. The van der Waals surface area contributed by atoms with Crippen molar-refractivity contribution in [2.75, 3.05) is 26.4 Å². The molecule has 1 aliphatic carbocycles. The van der Waals surface area contributed by atoms with E-state index in [1.807, 2.05) is 12.1 Å². The van der Waals surface area contributed by atoms with E-state index in [0.717, 1.165) is 56.8 Å². The number of carboxylic acids is 1. The molecule has 1 amide bonds. The van der Waals surface area contributed by atoms with Crippen LogP contribution in [0.2, 0.25) is 0 Å². The first kappa shape index (κ1) is 17.8. The maximum Gasteiger partial charge on any atom is 0.326 e. The van der Waals surface area contributed by atoms with Crippen molar-refractivity contribution in [3.05, 3.63) is 23.8 Å². The Balaban J connectivity index is 1.22. The van der Waals surface area contributed by atoms with Crippen LogP contribution < -0.4 is 9.47 Å². The summed E-state index contributed by atoms with van der Waals surface area (Å²) in [6, 6.07) is 5.43. The van der Waals surface area contributed by atoms with E-state index in [2.05, 4.69) is 11.0 Å². The smallest absolute Gasteiger partial charge is 0.326 e. The molecule has 0 unspecified atom stereocenters. The SMILES string of the molecule is O=C(O)[C@H]1CC2(CCN(Cc3ccc4c(c3)OCO4)CC2)CN1C(=O)C1CC1. The van der Waals surface area contributed by atoms with Crippen LogP contribution in [0, 0.1) is 11.3 Å². The Bertz CT molecular complexity index is 798. The lowest BCUT2D eigenvalue weighted by Gasteiger charge is -2.39. The molecule has 1 atom stereocenters. The summed E-state index contributed by atoms with van der Waals surface area (Å²) in [5.74, 6) is 0.886. The first-order chi connectivity index (χ1) is 13.5. The molecule has 4 aliphatic rings. The Morgan fingerprint density at radius 3 is 2.61 bits per heavy atom. The number of carboxylic acid groups (broad SMARTS) is 1. The number of benzene rings is 1. The molecule has 7 heteroatoms. The zero-order chi connectivity index (χ0) is 19.3. The van der Waals surface area contributed by atoms with Crippen molar-refractivity contribution in [2.24, 2.45) is 11.3 Å². The Hall–Kier alpha value is -2.28. The van der Waals surface area contributed by atoms with Crippen molar-refractivity contribution in [1.82, 2.24) is 9.80 Å². The number of fused-ring (bicyclic) bond motifs is 1. The fourth-order valence-electron chi connectivity index (χ4n) is 4.92. The molecular formula is C21H26N2O5. The standard InChI is InChI=1S/C21H26N2O5/c24-19(15-2-3-15)23-12-21(10-16(23)20(25)26)5-7-22(8-6-21)11-14-1-4-17-18(9-14)28-13-27-17/h1,4,9,15-16H,2-3,5-8,10-13H2,(H,25,26)/t16-/m1/s1. The van der Waals surface area contributed by atoms with Crippen LogP contribution in [0.5, 0.6) is 11.5 Å². The van der Waals surface area contributed by atoms with Crippen molar-refractivity contribution >= 4 is 11.9 Å². The number of ether oxygens (including phenoxy) is 2. The molecule has 5 rings (SSSR count). The Morgan fingerprint density at radius 2 is 1.89 bits per heavy atom. The first-order valence-corrected chi connectivity index (χ1v) is 10.2. The molecule has 3 heterocycles. The molecule has 0 bridgehead atoms. The molecule has 1 N–H and O–H groups in total. The number of nitrogens with zero attached hydrogens (tertiary/aromatic N) is 2. The minimum absolute atomic E-state index is 0.0427. The summed E-state index contributed by atoms with van der Waals surface area (Å²) in [6.45, 7) is 3.58. The van der Waals surface area contributed by atoms with Crippen LogP contribution >= 0.6 is 0 Å². The molecule has 150 valence electrons. The Kier molecular flexibility index (Phi) is 4.23. The van der Waals surface area contributed by atoms with Gasteiger partial charge in [-0.25, -0.2) is 4.79 Å². The first-order valence-electron chi connectivity index (χ1n) is 10.2. The van der Waals surface area contributed by atoms with Gasteiger partial charge in [0.1, 0.15) is 6.04 Å². The quantitative estimate of drug-likeness (QED) is 0.854. The van der Waals surface area contributed by atoms with Gasteiger partial charge < -0.3 is 19.5 Å². The highest BCUT2D eigenvalue weighted by Crippen LogP contribution is 2.46. The van der Waals surface area contributed by atoms with E-state index < -0.39 is 12.0 Å². The number of piperidine rings is 1. The minimum atomic E-state index is -0.853. The highest BCUT2D eigenvalue weighted by atomic mass is 16.7. The van der Waals surface area contributed by atoms with Gasteiger partial charge in [-0.2, -0.15) is 0 Å². The number of hydrogen-bond donors (Lipinski definition) is 1. The summed E-state index contributed by atoms with van der Waals surface area (Å²) in [6.07, 6.45) is 4.31. The number of rotatable bonds is 4. The maximum absolute atomic E-state index is 12.6. The maximum atomic E-state index is 12.6.